The van der Waals surface area contributed by atoms with Gasteiger partial charge in [-0.3, -0.25) is 4.79 Å². The van der Waals surface area contributed by atoms with Crippen molar-refractivity contribution >= 4 is 21.4 Å². The number of rotatable bonds is 5. The van der Waals surface area contributed by atoms with Crippen molar-refractivity contribution in [3.63, 3.8) is 0 Å². The van der Waals surface area contributed by atoms with Gasteiger partial charge in [-0.25, -0.2) is 13.4 Å². The van der Waals surface area contributed by atoms with E-state index in [1.807, 2.05) is 0 Å². The summed E-state index contributed by atoms with van der Waals surface area (Å²) in [6, 6.07) is -0.104. The summed E-state index contributed by atoms with van der Waals surface area (Å²) >= 11 is 5.45. The maximum Gasteiger partial charge on any atom is 0.288 e. The molecule has 0 fully saturated rings. The van der Waals surface area contributed by atoms with Crippen LogP contribution in [0.3, 0.4) is 0 Å². The molecule has 5 nitrogen and oxygen atoms in total. The Morgan fingerprint density at radius 3 is 2.65 bits per heavy atom. The van der Waals surface area contributed by atoms with E-state index in [0.717, 1.165) is 0 Å². The molecule has 1 rings (SSSR count). The molecule has 17 heavy (non-hydrogen) atoms. The van der Waals surface area contributed by atoms with Gasteiger partial charge in [0.05, 0.1) is 5.75 Å². The molecule has 0 unspecified atom stereocenters. The number of hydrogen-bond acceptors (Lipinski definition) is 4. The summed E-state index contributed by atoms with van der Waals surface area (Å²) < 4.78 is 25.1. The Hall–Kier alpha value is -0.880. The highest BCUT2D eigenvalue weighted by Gasteiger charge is 2.21. The van der Waals surface area contributed by atoms with Gasteiger partial charge in [-0.05, 0) is 20.3 Å². The normalized spacial score (nSPS) is 12.0. The fourth-order valence-electron chi connectivity index (χ4n) is 1.37. The van der Waals surface area contributed by atoms with Gasteiger partial charge in [0, 0.05) is 24.3 Å². The molecule has 7 heteroatoms. The Balaban J connectivity index is 3.24. The summed E-state index contributed by atoms with van der Waals surface area (Å²) in [5.41, 5.74) is -0.572. The molecule has 0 aromatic carbocycles. The van der Waals surface area contributed by atoms with Crippen LogP contribution in [-0.2, 0) is 9.84 Å². The van der Waals surface area contributed by atoms with Crippen LogP contribution in [0.15, 0.2) is 22.2 Å². The second-order valence-corrected chi connectivity index (χ2v) is 6.30. The molecule has 1 heterocycles. The quantitative estimate of drug-likeness (QED) is 0.760. The summed E-state index contributed by atoms with van der Waals surface area (Å²) in [7, 11) is -3.64. The Labute approximate surface area is 105 Å². The number of aromatic nitrogens is 2. The molecule has 0 aliphatic rings. The number of halogens is 1. The maximum atomic E-state index is 11.9. The summed E-state index contributed by atoms with van der Waals surface area (Å²) in [6.07, 6.45) is 3.12. The highest BCUT2D eigenvalue weighted by Crippen LogP contribution is 2.06. The topological polar surface area (TPSA) is 69.0 Å². The molecule has 0 aliphatic heterocycles. The summed E-state index contributed by atoms with van der Waals surface area (Å²) in [5.74, 6) is 0.0886. The first-order valence-corrected chi connectivity index (χ1v) is 7.44. The molecule has 1 aromatic rings. The minimum absolute atomic E-state index is 0.104. The van der Waals surface area contributed by atoms with Crippen LogP contribution in [0.5, 0.6) is 0 Å². The zero-order chi connectivity index (χ0) is 13.1. The van der Waals surface area contributed by atoms with Crippen molar-refractivity contribution in [1.29, 1.82) is 0 Å². The third-order valence-electron chi connectivity index (χ3n) is 2.23. The molecule has 96 valence electrons. The highest BCUT2D eigenvalue weighted by molar-refractivity contribution is 7.91. The van der Waals surface area contributed by atoms with E-state index in [0.29, 0.717) is 6.42 Å². The minimum atomic E-state index is -3.64. The lowest BCUT2D eigenvalue weighted by Crippen LogP contribution is -2.29. The van der Waals surface area contributed by atoms with Crippen LogP contribution in [0.4, 0.5) is 0 Å². The molecule has 1 aromatic heterocycles. The van der Waals surface area contributed by atoms with E-state index in [4.69, 9.17) is 11.6 Å². The Morgan fingerprint density at radius 1 is 1.47 bits per heavy atom. The second-order valence-electron chi connectivity index (χ2n) is 3.90. The summed E-state index contributed by atoms with van der Waals surface area (Å²) in [4.78, 5) is 15.6. The van der Waals surface area contributed by atoms with Crippen LogP contribution in [-0.4, -0.2) is 29.6 Å². The first-order chi connectivity index (χ1) is 7.90. The summed E-state index contributed by atoms with van der Waals surface area (Å²) in [6.45, 7) is 3.60. The average Bonchev–Trinajstić information content (AvgIpc) is 2.26. The Morgan fingerprint density at radius 2 is 2.12 bits per heavy atom. The molecule has 0 amide bonds. The summed E-state index contributed by atoms with van der Waals surface area (Å²) in [5, 5.41) is -0.390. The lowest BCUT2D eigenvalue weighted by atomic mass is 10.4. The fraction of sp³-hybridized carbons (Fsp3) is 0.600. The smallest absolute Gasteiger partial charge is 0.288 e. The molecule has 0 radical (unpaired) electrons. The predicted octanol–water partition coefficient (Wildman–Crippen LogP) is 1.23. The van der Waals surface area contributed by atoms with E-state index in [2.05, 4.69) is 4.98 Å². The lowest BCUT2D eigenvalue weighted by Gasteiger charge is -2.10. The van der Waals surface area contributed by atoms with Crippen LogP contribution in [0.2, 0.25) is 0 Å². The number of alkyl halides is 1. The van der Waals surface area contributed by atoms with E-state index in [9.17, 15) is 13.2 Å². The van der Waals surface area contributed by atoms with E-state index in [1.165, 1.54) is 17.0 Å². The van der Waals surface area contributed by atoms with Gasteiger partial charge in [0.1, 0.15) is 0 Å². The van der Waals surface area contributed by atoms with E-state index in [1.54, 1.807) is 13.8 Å². The first kappa shape index (κ1) is 14.2. The highest BCUT2D eigenvalue weighted by atomic mass is 35.5. The maximum absolute atomic E-state index is 11.9. The van der Waals surface area contributed by atoms with Gasteiger partial charge in [-0.1, -0.05) is 0 Å². The molecule has 0 aliphatic carbocycles. The zero-order valence-electron chi connectivity index (χ0n) is 9.76. The Kier molecular flexibility index (Phi) is 4.70. The zero-order valence-corrected chi connectivity index (χ0v) is 11.3. The fourth-order valence-corrected chi connectivity index (χ4v) is 2.97. The first-order valence-electron chi connectivity index (χ1n) is 5.26. The molecular weight excluding hydrogens is 264 g/mol. The third-order valence-corrected chi connectivity index (χ3v) is 4.20. The van der Waals surface area contributed by atoms with Crippen molar-refractivity contribution in [2.75, 3.05) is 11.6 Å². The van der Waals surface area contributed by atoms with E-state index in [-0.39, 0.29) is 22.7 Å². The average molecular weight is 279 g/mol. The van der Waals surface area contributed by atoms with Crippen molar-refractivity contribution < 1.29 is 8.42 Å². The number of sulfone groups is 1. The van der Waals surface area contributed by atoms with Crippen LogP contribution in [0, 0.1) is 0 Å². The molecule has 0 atom stereocenters. The standard InChI is InChI=1S/C10H15ClN2O3S/c1-8(2)13-6-5-12-9(10(13)14)17(15,16)7-3-4-11/h5-6,8H,3-4,7H2,1-2H3. The molecule has 0 spiro atoms. The second kappa shape index (κ2) is 5.64. The van der Waals surface area contributed by atoms with Crippen molar-refractivity contribution in [2.45, 2.75) is 31.3 Å². The van der Waals surface area contributed by atoms with Crippen LogP contribution in [0.25, 0.3) is 0 Å². The van der Waals surface area contributed by atoms with Crippen LogP contribution >= 0.6 is 11.6 Å². The lowest BCUT2D eigenvalue weighted by molar-refractivity contribution is 0.548. The molecule has 0 N–H and O–H groups in total. The predicted molar refractivity (Wildman–Crippen MR) is 66.3 cm³/mol. The van der Waals surface area contributed by atoms with Gasteiger partial charge in [0.25, 0.3) is 5.56 Å². The van der Waals surface area contributed by atoms with Gasteiger partial charge in [-0.15, -0.1) is 11.6 Å². The van der Waals surface area contributed by atoms with Gasteiger partial charge in [0.2, 0.25) is 14.9 Å². The van der Waals surface area contributed by atoms with Crippen molar-refractivity contribution in [2.24, 2.45) is 0 Å². The minimum Gasteiger partial charge on any atom is -0.309 e. The van der Waals surface area contributed by atoms with Crippen LogP contribution in [0.1, 0.15) is 26.3 Å². The van der Waals surface area contributed by atoms with E-state index >= 15 is 0 Å². The third kappa shape index (κ3) is 3.29. The van der Waals surface area contributed by atoms with Gasteiger partial charge in [0.15, 0.2) is 0 Å². The van der Waals surface area contributed by atoms with Gasteiger partial charge >= 0.3 is 0 Å². The molecule has 0 saturated heterocycles. The number of hydrogen-bond donors (Lipinski definition) is 0. The SMILES string of the molecule is CC(C)n1ccnc(S(=O)(=O)CCCCl)c1=O. The van der Waals surface area contributed by atoms with Crippen LogP contribution < -0.4 is 5.56 Å². The number of nitrogens with zero attached hydrogens (tertiary/aromatic N) is 2. The van der Waals surface area contributed by atoms with Crippen molar-refractivity contribution in [1.82, 2.24) is 9.55 Å². The monoisotopic (exact) mass is 278 g/mol. The molecule has 0 saturated carbocycles. The van der Waals surface area contributed by atoms with Crippen molar-refractivity contribution in [3.8, 4) is 0 Å². The van der Waals surface area contributed by atoms with Gasteiger partial charge in [-0.2, -0.15) is 0 Å². The molecule has 0 bridgehead atoms. The Bertz CT molecular complexity index is 537. The van der Waals surface area contributed by atoms with Gasteiger partial charge < -0.3 is 4.57 Å². The molecular formula is C10H15ClN2O3S. The van der Waals surface area contributed by atoms with E-state index < -0.39 is 15.4 Å². The van der Waals surface area contributed by atoms with Crippen molar-refractivity contribution in [3.05, 3.63) is 22.7 Å². The largest absolute Gasteiger partial charge is 0.309 e.